The molecular formula is C38H62N5O26PS2. The number of aromatic nitrogens is 2. The molecule has 0 saturated carbocycles. The lowest BCUT2D eigenvalue weighted by Gasteiger charge is -2.50. The summed E-state index contributed by atoms with van der Waals surface area (Å²) < 4.78 is 63.9. The van der Waals surface area contributed by atoms with Gasteiger partial charge in [0.05, 0.1) is 50.4 Å². The van der Waals surface area contributed by atoms with Gasteiger partial charge in [-0.25, -0.2) is 18.7 Å². The van der Waals surface area contributed by atoms with Crippen molar-refractivity contribution < 1.29 is 122 Å². The molecule has 22 atom stereocenters. The molecule has 0 spiro atoms. The second kappa shape index (κ2) is 25.8. The molecule has 16 N–H and O–H groups in total. The summed E-state index contributed by atoms with van der Waals surface area (Å²) in [5.74, 6) is -7.02. The molecule has 1 aromatic rings. The van der Waals surface area contributed by atoms with Gasteiger partial charge in [-0.1, -0.05) is 0 Å². The number of nitrogen functional groups attached to an aromatic ring is 1. The Hall–Kier alpha value is -2.78. The maximum atomic E-state index is 13.9. The van der Waals surface area contributed by atoms with Crippen molar-refractivity contribution in [1.82, 2.24) is 20.2 Å². The Labute approximate surface area is 417 Å². The number of nitrogens with one attached hydrogen (secondary N) is 2. The van der Waals surface area contributed by atoms with Crippen LogP contribution < -0.4 is 22.1 Å². The van der Waals surface area contributed by atoms with Crippen molar-refractivity contribution in [1.29, 1.82) is 0 Å². The normalized spacial score (nSPS) is 38.8. The van der Waals surface area contributed by atoms with Gasteiger partial charge in [0, 0.05) is 44.4 Å². The summed E-state index contributed by atoms with van der Waals surface area (Å²) >= 11 is 1.59. The van der Waals surface area contributed by atoms with Crippen LogP contribution in [-0.2, 0) is 61.2 Å². The molecule has 412 valence electrons. The van der Waals surface area contributed by atoms with Gasteiger partial charge in [-0.15, -0.1) is 11.8 Å². The highest BCUT2D eigenvalue weighted by molar-refractivity contribution is 8.03. The lowest BCUT2D eigenvalue weighted by Crippen LogP contribution is -2.73. The van der Waals surface area contributed by atoms with Crippen molar-refractivity contribution in [2.75, 3.05) is 57.0 Å². The van der Waals surface area contributed by atoms with E-state index in [4.69, 9.17) is 47.9 Å². The Morgan fingerprint density at radius 1 is 0.875 bits per heavy atom. The molecule has 1 unspecified atom stereocenters. The smallest absolute Gasteiger partial charge is 0.465 e. The van der Waals surface area contributed by atoms with E-state index >= 15 is 0 Å². The van der Waals surface area contributed by atoms with E-state index < -0.39 is 179 Å². The highest BCUT2D eigenvalue weighted by Crippen LogP contribution is 2.54. The van der Waals surface area contributed by atoms with E-state index in [2.05, 4.69) is 15.6 Å². The molecule has 4 fully saturated rings. The van der Waals surface area contributed by atoms with Crippen LogP contribution in [0.15, 0.2) is 17.1 Å². The van der Waals surface area contributed by atoms with Crippen LogP contribution in [0, 0.1) is 0 Å². The fourth-order valence-electron chi connectivity index (χ4n) is 8.25. The van der Waals surface area contributed by atoms with Crippen LogP contribution in [0.3, 0.4) is 0 Å². The van der Waals surface area contributed by atoms with Crippen molar-refractivity contribution in [3.8, 4) is 0 Å². The van der Waals surface area contributed by atoms with E-state index in [1.54, 1.807) is 0 Å². The second-order valence-electron chi connectivity index (χ2n) is 16.8. The number of hydrogen-bond donors (Lipinski definition) is 15. The Kier molecular flexibility index (Phi) is 21.6. The van der Waals surface area contributed by atoms with Crippen molar-refractivity contribution >= 4 is 54.9 Å². The molecule has 4 aliphatic rings. The van der Waals surface area contributed by atoms with E-state index in [-0.39, 0.29) is 23.1 Å². The number of methoxy groups -OCH3 is 2. The minimum absolute atomic E-state index is 0.0408. The molecule has 4 aliphatic heterocycles. The molecule has 5 heterocycles. The monoisotopic (exact) mass is 1100 g/mol. The van der Waals surface area contributed by atoms with E-state index in [0.29, 0.717) is 11.8 Å². The largest absolute Gasteiger partial charge is 0.475 e. The fraction of sp³-hybridized carbons (Fsp3) is 0.816. The van der Waals surface area contributed by atoms with Crippen LogP contribution >= 0.6 is 31.3 Å². The Balaban J connectivity index is 1.35. The number of hydrogen-bond acceptors (Lipinski definition) is 29. The second-order valence-corrected chi connectivity index (χ2v) is 20.6. The number of ether oxygens (including phenoxy) is 7. The number of carbonyl (C=O) groups is 3. The molecule has 31 nitrogen and oxygen atoms in total. The van der Waals surface area contributed by atoms with Gasteiger partial charge in [-0.3, -0.25) is 18.7 Å². The number of thioether (sulfide) groups is 2. The van der Waals surface area contributed by atoms with Gasteiger partial charge in [-0.2, -0.15) is 16.7 Å². The minimum atomic E-state index is -5.79. The highest BCUT2D eigenvalue weighted by atomic mass is 32.2. The third-order valence-corrected chi connectivity index (χ3v) is 15.5. The molecule has 4 saturated heterocycles. The van der Waals surface area contributed by atoms with Gasteiger partial charge in [0.25, 0.3) is 5.79 Å². The summed E-state index contributed by atoms with van der Waals surface area (Å²) in [4.78, 5) is 65.4. The predicted octanol–water partition coefficient (Wildman–Crippen LogP) is -8.32. The topological polar surface area (TPSA) is 479 Å². The number of phosphoric ester groups is 1. The number of nitrogens with two attached hydrogens (primary N) is 1. The van der Waals surface area contributed by atoms with Crippen LogP contribution in [0.2, 0.25) is 0 Å². The molecule has 0 aromatic carbocycles. The van der Waals surface area contributed by atoms with Crippen LogP contribution in [0.25, 0.3) is 0 Å². The molecule has 1 aromatic heterocycles. The number of nitrogens with zero attached hydrogens (tertiary/aromatic N) is 2. The standard InChI is InChI=1S/C38H62N5O26PS2/c1-13(46)40-20-26(53)32(72-8-7-71-12-18-24(51)27(54)29(56)35(66-18)67-30-16(10-45)65-34(61-3)21(25(30)52)41-14(2)47)38(36(57)62-4,68-31(20)22(49)15(48)9-44)69-70(59,60)63-11-17-23(50)28(55)33(64-17)43-6-5-19(39)42-37(43)58/h5-6,15-18,20-35,44-45,48-56H,7-12H2,1-4H3,(H,40,46)(H,41,47)(H,59,60)(H2,39,42,58)/t15-,16-,17-,18-,20-,21-,22-,23-,24+,25-,26-,27+,28-,29-,30+,31-,32-,33-,34-,35+,38-/m1/s1. The van der Waals surface area contributed by atoms with Crippen LogP contribution in [0.4, 0.5) is 5.82 Å². The molecule has 0 radical (unpaired) electrons. The van der Waals surface area contributed by atoms with Crippen molar-refractivity contribution in [3.05, 3.63) is 22.7 Å². The number of carbonyl (C=O) groups excluding carboxylic acids is 3. The summed E-state index contributed by atoms with van der Waals surface area (Å²) in [5.41, 5.74) is 4.52. The van der Waals surface area contributed by atoms with Crippen molar-refractivity contribution in [2.24, 2.45) is 0 Å². The summed E-state index contributed by atoms with van der Waals surface area (Å²) in [5, 5.41) is 121. The first-order valence-corrected chi connectivity index (χ1v) is 25.6. The fourth-order valence-corrected chi connectivity index (χ4v) is 11.9. The van der Waals surface area contributed by atoms with Gasteiger partial charge in [0.2, 0.25) is 11.8 Å². The maximum Gasteiger partial charge on any atom is 0.475 e. The number of aliphatic hydroxyl groups excluding tert-OH is 11. The SMILES string of the molecule is COC(=O)[C@@]1(OP(=O)(O)OC[C@H]2O[C@@H](n3ccc(N)nc3=O)[C@H](O)[C@@H]2O)O[C@@H]([C@H](O)[C@H](O)CO)[C@H](NC(C)=O)[C@@H](O)[C@H]1SCCSC[C@H]1O[C@@H](O[C@@H]2[C@H](O)[C@@H](NC(C)=O)[C@H](OC)O[C@@H]2CO)[C@H](O)[C@@H](O)[C@H]1O. The number of amides is 2. The minimum Gasteiger partial charge on any atom is -0.465 e. The summed E-state index contributed by atoms with van der Waals surface area (Å²) in [6.45, 7) is -0.837. The molecule has 0 aliphatic carbocycles. The third kappa shape index (κ3) is 13.6. The molecule has 5 rings (SSSR count). The average molecular weight is 1100 g/mol. The molecular weight excluding hydrogens is 1040 g/mol. The van der Waals surface area contributed by atoms with Crippen LogP contribution in [0.5, 0.6) is 0 Å². The Morgan fingerprint density at radius 2 is 1.51 bits per heavy atom. The highest BCUT2D eigenvalue weighted by Gasteiger charge is 2.65. The van der Waals surface area contributed by atoms with Gasteiger partial charge >= 0.3 is 19.5 Å². The van der Waals surface area contributed by atoms with Gasteiger partial charge in [0.1, 0.15) is 85.1 Å². The number of aliphatic hydroxyl groups is 11. The zero-order chi connectivity index (χ0) is 53.6. The van der Waals surface area contributed by atoms with Crippen LogP contribution in [0.1, 0.15) is 20.1 Å². The maximum absolute atomic E-state index is 13.9. The Bertz CT molecular complexity index is 2090. The van der Waals surface area contributed by atoms with Gasteiger partial charge in [0.15, 0.2) is 18.8 Å². The van der Waals surface area contributed by atoms with E-state index in [1.807, 2.05) is 0 Å². The molecule has 0 bridgehead atoms. The average Bonchev–Trinajstić information content (AvgIpc) is 3.61. The first-order chi connectivity index (χ1) is 33.9. The van der Waals surface area contributed by atoms with Gasteiger partial charge < -0.3 is 111 Å². The number of esters is 1. The zero-order valence-electron chi connectivity index (χ0n) is 38.8. The van der Waals surface area contributed by atoms with Gasteiger partial charge in [-0.05, 0) is 6.07 Å². The van der Waals surface area contributed by atoms with E-state index in [9.17, 15) is 84.8 Å². The first kappa shape index (κ1) is 60.1. The molecule has 72 heavy (non-hydrogen) atoms. The summed E-state index contributed by atoms with van der Waals surface area (Å²) in [6, 6.07) is -1.82. The zero-order valence-corrected chi connectivity index (χ0v) is 41.3. The number of anilines is 1. The number of phosphoric acid groups is 1. The number of rotatable bonds is 22. The van der Waals surface area contributed by atoms with E-state index in [0.717, 1.165) is 43.5 Å². The predicted molar refractivity (Wildman–Crippen MR) is 240 cm³/mol. The summed E-state index contributed by atoms with van der Waals surface area (Å²) in [6.07, 6.45) is -28.9. The van der Waals surface area contributed by atoms with Crippen LogP contribution in [-0.4, -0.2) is 261 Å². The Morgan fingerprint density at radius 3 is 2.11 bits per heavy atom. The third-order valence-electron chi connectivity index (χ3n) is 11.8. The summed E-state index contributed by atoms with van der Waals surface area (Å²) in [7, 11) is -3.79. The lowest BCUT2D eigenvalue weighted by molar-refractivity contribution is -0.342. The molecule has 34 heteroatoms. The lowest BCUT2D eigenvalue weighted by atomic mass is 9.88. The quantitative estimate of drug-likeness (QED) is 0.0291. The van der Waals surface area contributed by atoms with E-state index in [1.165, 1.54) is 13.2 Å². The first-order valence-electron chi connectivity index (χ1n) is 21.9. The van der Waals surface area contributed by atoms with Crippen molar-refractivity contribution in [2.45, 2.75) is 141 Å². The van der Waals surface area contributed by atoms with Crippen molar-refractivity contribution in [3.63, 3.8) is 0 Å². The molecule has 2 amide bonds.